The molecular weight excluding hydrogens is 268 g/mol. The van der Waals surface area contributed by atoms with E-state index in [2.05, 4.69) is 87.6 Å². The Bertz CT molecular complexity index is 655. The van der Waals surface area contributed by atoms with Gasteiger partial charge in [-0.25, -0.2) is 0 Å². The summed E-state index contributed by atoms with van der Waals surface area (Å²) in [7, 11) is -1.48. The van der Waals surface area contributed by atoms with Crippen molar-refractivity contribution in [3.8, 4) is 0 Å². The van der Waals surface area contributed by atoms with E-state index in [4.69, 9.17) is 0 Å². The standard InChI is InChI=1S/C20H22Si/c1-15-19(17-11-7-5-8-12-17)20(16(2)21(15,3)4)18-13-9-6-10-14-18/h5-14H,1-4H3. The molecule has 0 nitrogen and oxygen atoms in total. The summed E-state index contributed by atoms with van der Waals surface area (Å²) in [6, 6.07) is 21.7. The van der Waals surface area contributed by atoms with Crippen LogP contribution in [0.4, 0.5) is 0 Å². The van der Waals surface area contributed by atoms with Crippen LogP contribution in [0.1, 0.15) is 25.0 Å². The highest BCUT2D eigenvalue weighted by Gasteiger charge is 2.37. The van der Waals surface area contributed by atoms with Crippen LogP contribution >= 0.6 is 0 Å². The van der Waals surface area contributed by atoms with E-state index >= 15 is 0 Å². The molecule has 21 heavy (non-hydrogen) atoms. The van der Waals surface area contributed by atoms with Crippen molar-refractivity contribution in [1.29, 1.82) is 0 Å². The van der Waals surface area contributed by atoms with E-state index in [1.54, 1.807) is 10.4 Å². The highest BCUT2D eigenvalue weighted by atomic mass is 28.3. The normalized spacial score (nSPS) is 17.5. The van der Waals surface area contributed by atoms with Crippen molar-refractivity contribution >= 4 is 19.2 Å². The molecule has 0 saturated heterocycles. The van der Waals surface area contributed by atoms with E-state index in [-0.39, 0.29) is 0 Å². The van der Waals surface area contributed by atoms with E-state index in [0.717, 1.165) is 0 Å². The van der Waals surface area contributed by atoms with E-state index in [1.807, 2.05) is 0 Å². The van der Waals surface area contributed by atoms with Gasteiger partial charge in [-0.3, -0.25) is 0 Å². The first-order chi connectivity index (χ1) is 10.0. The lowest BCUT2D eigenvalue weighted by Gasteiger charge is -2.20. The lowest BCUT2D eigenvalue weighted by molar-refractivity contribution is 1.52. The minimum atomic E-state index is -1.48. The van der Waals surface area contributed by atoms with Crippen LogP contribution in [0.5, 0.6) is 0 Å². The monoisotopic (exact) mass is 290 g/mol. The molecule has 0 amide bonds. The second-order valence-corrected chi connectivity index (χ2v) is 11.1. The fourth-order valence-electron chi connectivity index (χ4n) is 3.21. The molecule has 2 aromatic carbocycles. The van der Waals surface area contributed by atoms with Gasteiger partial charge in [0.15, 0.2) is 0 Å². The summed E-state index contributed by atoms with van der Waals surface area (Å²) in [4.78, 5) is 0. The number of benzene rings is 2. The van der Waals surface area contributed by atoms with Crippen molar-refractivity contribution in [3.05, 3.63) is 82.2 Å². The molecule has 3 rings (SSSR count). The molecule has 1 aliphatic heterocycles. The Balaban J connectivity index is 2.27. The predicted octanol–water partition coefficient (Wildman–Crippen LogP) is 5.73. The Labute approximate surface area is 128 Å². The smallest absolute Gasteiger partial charge is 0.0711 e. The molecule has 0 aromatic heterocycles. The summed E-state index contributed by atoms with van der Waals surface area (Å²) in [5, 5.41) is 3.20. The third kappa shape index (κ3) is 2.22. The van der Waals surface area contributed by atoms with E-state index in [0.29, 0.717) is 0 Å². The quantitative estimate of drug-likeness (QED) is 0.619. The lowest BCUT2D eigenvalue weighted by atomic mass is 9.92. The molecule has 0 spiro atoms. The van der Waals surface area contributed by atoms with Gasteiger partial charge in [0.05, 0.1) is 0 Å². The first kappa shape index (κ1) is 14.1. The van der Waals surface area contributed by atoms with Crippen molar-refractivity contribution in [2.24, 2.45) is 0 Å². The molecule has 106 valence electrons. The highest BCUT2D eigenvalue weighted by molar-refractivity contribution is 6.94. The Morgan fingerprint density at radius 3 is 1.24 bits per heavy atom. The van der Waals surface area contributed by atoms with Gasteiger partial charge in [0, 0.05) is 0 Å². The Morgan fingerprint density at radius 2 is 0.905 bits per heavy atom. The molecule has 0 atom stereocenters. The molecule has 0 radical (unpaired) electrons. The van der Waals surface area contributed by atoms with Gasteiger partial charge in [0.2, 0.25) is 0 Å². The number of allylic oxidation sites excluding steroid dienone is 4. The Morgan fingerprint density at radius 1 is 0.571 bits per heavy atom. The van der Waals surface area contributed by atoms with Crippen LogP contribution in [-0.2, 0) is 0 Å². The van der Waals surface area contributed by atoms with E-state index in [9.17, 15) is 0 Å². The lowest BCUT2D eigenvalue weighted by Crippen LogP contribution is -2.27. The average Bonchev–Trinajstić information content (AvgIpc) is 2.69. The summed E-state index contributed by atoms with van der Waals surface area (Å²) in [5.41, 5.74) is 5.64. The third-order valence-corrected chi connectivity index (χ3v) is 9.25. The van der Waals surface area contributed by atoms with Crippen molar-refractivity contribution in [2.75, 3.05) is 0 Å². The van der Waals surface area contributed by atoms with Crippen LogP contribution < -0.4 is 0 Å². The van der Waals surface area contributed by atoms with E-state index in [1.165, 1.54) is 22.3 Å². The van der Waals surface area contributed by atoms with Crippen molar-refractivity contribution in [2.45, 2.75) is 26.9 Å². The first-order valence-corrected chi connectivity index (χ1v) is 10.6. The summed E-state index contributed by atoms with van der Waals surface area (Å²) in [5.74, 6) is 0. The predicted molar refractivity (Wildman–Crippen MR) is 95.6 cm³/mol. The van der Waals surface area contributed by atoms with Crippen LogP contribution in [-0.4, -0.2) is 8.07 Å². The molecule has 1 heteroatoms. The molecular formula is C20H22Si. The summed E-state index contributed by atoms with van der Waals surface area (Å²) < 4.78 is 0. The van der Waals surface area contributed by atoms with Gasteiger partial charge < -0.3 is 0 Å². The van der Waals surface area contributed by atoms with Crippen LogP contribution in [0.3, 0.4) is 0 Å². The first-order valence-electron chi connectivity index (χ1n) is 7.57. The summed E-state index contributed by atoms with van der Waals surface area (Å²) in [6.45, 7) is 9.62. The van der Waals surface area contributed by atoms with Gasteiger partial charge in [0.1, 0.15) is 8.07 Å². The summed E-state index contributed by atoms with van der Waals surface area (Å²) >= 11 is 0. The maximum atomic E-state index is 2.47. The molecule has 0 aliphatic carbocycles. The van der Waals surface area contributed by atoms with Gasteiger partial charge in [-0.15, -0.1) is 0 Å². The van der Waals surface area contributed by atoms with Gasteiger partial charge in [0.25, 0.3) is 0 Å². The highest BCUT2D eigenvalue weighted by Crippen LogP contribution is 2.47. The second-order valence-electron chi connectivity index (χ2n) is 6.36. The van der Waals surface area contributed by atoms with Gasteiger partial charge >= 0.3 is 0 Å². The minimum absolute atomic E-state index is 1.35. The second kappa shape index (κ2) is 5.16. The largest absolute Gasteiger partial charge is 0.103 e. The molecule has 1 aliphatic rings. The van der Waals surface area contributed by atoms with E-state index < -0.39 is 8.07 Å². The minimum Gasteiger partial charge on any atom is -0.0711 e. The average molecular weight is 290 g/mol. The number of rotatable bonds is 2. The number of hydrogen-bond donors (Lipinski definition) is 0. The fourth-order valence-corrected chi connectivity index (χ4v) is 5.56. The zero-order chi connectivity index (χ0) is 15.0. The molecule has 0 bridgehead atoms. The number of hydrogen-bond acceptors (Lipinski definition) is 0. The van der Waals surface area contributed by atoms with Crippen LogP contribution in [0.2, 0.25) is 13.1 Å². The van der Waals surface area contributed by atoms with Crippen LogP contribution in [0.15, 0.2) is 71.1 Å². The van der Waals surface area contributed by atoms with Crippen molar-refractivity contribution < 1.29 is 0 Å². The van der Waals surface area contributed by atoms with Crippen LogP contribution in [0.25, 0.3) is 11.1 Å². The fraction of sp³-hybridized carbons (Fsp3) is 0.200. The zero-order valence-corrected chi connectivity index (χ0v) is 14.3. The summed E-state index contributed by atoms with van der Waals surface area (Å²) in [6.07, 6.45) is 0. The van der Waals surface area contributed by atoms with Crippen LogP contribution in [0, 0.1) is 0 Å². The van der Waals surface area contributed by atoms with Gasteiger partial charge in [-0.2, -0.15) is 0 Å². The topological polar surface area (TPSA) is 0 Å². The molecule has 1 heterocycles. The van der Waals surface area contributed by atoms with Crippen molar-refractivity contribution in [1.82, 2.24) is 0 Å². The SMILES string of the molecule is CC1=C(c2ccccc2)C(c2ccccc2)=C(C)[Si]1(C)C. The van der Waals surface area contributed by atoms with Gasteiger partial charge in [-0.05, 0) is 36.1 Å². The Kier molecular flexibility index (Phi) is 3.46. The van der Waals surface area contributed by atoms with Crippen molar-refractivity contribution in [3.63, 3.8) is 0 Å². The third-order valence-electron chi connectivity index (χ3n) is 5.00. The molecule has 0 unspecified atom stereocenters. The maximum absolute atomic E-state index is 2.47. The molecule has 0 saturated carbocycles. The zero-order valence-electron chi connectivity index (χ0n) is 13.3. The van der Waals surface area contributed by atoms with Gasteiger partial charge in [-0.1, -0.05) is 84.2 Å². The molecule has 2 aromatic rings. The molecule has 0 fully saturated rings. The maximum Gasteiger partial charge on any atom is 0.103 e. The Hall–Kier alpha value is -1.86. The molecule has 0 N–H and O–H groups in total.